The molecule has 1 fully saturated rings. The number of benzene rings is 2. The summed E-state index contributed by atoms with van der Waals surface area (Å²) in [4.78, 5) is 39.9. The zero-order valence-electron chi connectivity index (χ0n) is 22.5. The molecule has 0 bridgehead atoms. The zero-order chi connectivity index (χ0) is 29.2. The average Bonchev–Trinajstić information content (AvgIpc) is 3.37. The van der Waals surface area contributed by atoms with Gasteiger partial charge in [-0.25, -0.2) is 13.9 Å². The molecule has 1 aliphatic heterocycles. The fourth-order valence-electron chi connectivity index (χ4n) is 4.99. The number of ether oxygens (including phenoxy) is 1. The number of hydrogen-bond donors (Lipinski definition) is 2. The molecular weight excluding hydrogens is 520 g/mol. The lowest BCUT2D eigenvalue weighted by Gasteiger charge is -2.36. The van der Waals surface area contributed by atoms with Gasteiger partial charge in [0.25, 0.3) is 5.91 Å². The Hall–Kier alpha value is -4.59. The Labute approximate surface area is 229 Å². The van der Waals surface area contributed by atoms with Gasteiger partial charge in [0.2, 0.25) is 5.91 Å². The van der Waals surface area contributed by atoms with E-state index in [0.29, 0.717) is 24.1 Å². The molecule has 2 N–H and O–H groups in total. The van der Waals surface area contributed by atoms with Crippen LogP contribution in [0.3, 0.4) is 0 Å². The van der Waals surface area contributed by atoms with Gasteiger partial charge in [-0.15, -0.1) is 0 Å². The first-order valence-corrected chi connectivity index (χ1v) is 12.7. The number of H-pyrrole nitrogens is 1. The second kappa shape index (κ2) is 11.3. The second-order valence-electron chi connectivity index (χ2n) is 10.4. The fourth-order valence-corrected chi connectivity index (χ4v) is 4.99. The molecule has 0 aliphatic carbocycles. The number of halogens is 2. The normalized spacial score (nSPS) is 16.9. The number of nitriles is 1. The minimum absolute atomic E-state index is 0.0491. The van der Waals surface area contributed by atoms with Gasteiger partial charge in [-0.2, -0.15) is 10.4 Å². The highest BCUT2D eigenvalue weighted by molar-refractivity contribution is 5.97. The number of carbonyl (C=O) groups excluding carboxylic acids is 2. The molecule has 0 spiro atoms. The lowest BCUT2D eigenvalue weighted by atomic mass is 9.84. The summed E-state index contributed by atoms with van der Waals surface area (Å²) in [6.45, 7) is 6.21. The van der Waals surface area contributed by atoms with Crippen LogP contribution < -0.4 is 15.6 Å². The number of hydrogen-bond acceptors (Lipinski definition) is 6. The Bertz CT molecular complexity index is 1540. The van der Waals surface area contributed by atoms with Crippen LogP contribution in [0.4, 0.5) is 8.78 Å². The van der Waals surface area contributed by atoms with Gasteiger partial charge in [0.1, 0.15) is 5.82 Å². The predicted octanol–water partition coefficient (Wildman–Crippen LogP) is 4.47. The van der Waals surface area contributed by atoms with Crippen molar-refractivity contribution in [2.24, 2.45) is 5.41 Å². The molecule has 2 heterocycles. The summed E-state index contributed by atoms with van der Waals surface area (Å²) in [5.74, 6) is -2.82. The molecule has 3 aromatic rings. The highest BCUT2D eigenvalue weighted by Gasteiger charge is 2.45. The standard InChI is InChI=1S/C29H29F2N5O4/c1-16-10-19(13-21(31)26(16)40-23-11-17(2)34-35-28(23)39)27(38)33-14-25(37)36-22(18-6-5-7-20(30)12-18)8-9-24(36)29(3,4)15-32/h5-7,10-13,22,24H,8-9,14H2,1-4H3,(H,33,38)(H,35,39). The van der Waals surface area contributed by atoms with Gasteiger partial charge in [-0.1, -0.05) is 12.1 Å². The average molecular weight is 550 g/mol. The number of nitrogens with zero attached hydrogens (tertiary/aromatic N) is 3. The van der Waals surface area contributed by atoms with Crippen molar-refractivity contribution in [1.29, 1.82) is 5.26 Å². The van der Waals surface area contributed by atoms with Gasteiger partial charge in [0.05, 0.1) is 35.8 Å². The van der Waals surface area contributed by atoms with Crippen LogP contribution in [0.25, 0.3) is 0 Å². The monoisotopic (exact) mass is 549 g/mol. The van der Waals surface area contributed by atoms with E-state index >= 15 is 0 Å². The van der Waals surface area contributed by atoms with Gasteiger partial charge in [0.15, 0.2) is 17.3 Å². The quantitative estimate of drug-likeness (QED) is 0.448. The minimum Gasteiger partial charge on any atom is -0.448 e. The van der Waals surface area contributed by atoms with E-state index in [9.17, 15) is 28.4 Å². The summed E-state index contributed by atoms with van der Waals surface area (Å²) in [5, 5.41) is 18.3. The number of aryl methyl sites for hydroxylation is 2. The van der Waals surface area contributed by atoms with Crippen molar-refractivity contribution in [3.63, 3.8) is 0 Å². The van der Waals surface area contributed by atoms with Gasteiger partial charge < -0.3 is 15.0 Å². The first-order chi connectivity index (χ1) is 18.9. The maximum atomic E-state index is 15.0. The number of likely N-dealkylation sites (tertiary alicyclic amines) is 1. The molecule has 2 atom stereocenters. The van der Waals surface area contributed by atoms with Crippen LogP contribution in [-0.4, -0.2) is 39.5 Å². The number of aromatic nitrogens is 2. The van der Waals surface area contributed by atoms with Crippen LogP contribution in [-0.2, 0) is 4.79 Å². The van der Waals surface area contributed by atoms with Crippen LogP contribution in [0.2, 0.25) is 0 Å². The van der Waals surface area contributed by atoms with E-state index in [-0.39, 0.29) is 22.6 Å². The van der Waals surface area contributed by atoms with E-state index in [1.54, 1.807) is 37.8 Å². The molecule has 2 amide bonds. The van der Waals surface area contributed by atoms with E-state index in [2.05, 4.69) is 21.6 Å². The third kappa shape index (κ3) is 5.86. The third-order valence-corrected chi connectivity index (χ3v) is 7.03. The molecule has 0 saturated carbocycles. The highest BCUT2D eigenvalue weighted by Crippen LogP contribution is 2.43. The Morgan fingerprint density at radius 3 is 2.62 bits per heavy atom. The summed E-state index contributed by atoms with van der Waals surface area (Å²) in [7, 11) is 0. The Morgan fingerprint density at radius 2 is 1.95 bits per heavy atom. The molecule has 1 aliphatic rings. The molecule has 4 rings (SSSR count). The molecule has 2 unspecified atom stereocenters. The predicted molar refractivity (Wildman–Crippen MR) is 142 cm³/mol. The first kappa shape index (κ1) is 28.4. The SMILES string of the molecule is Cc1cc(Oc2c(C)cc(C(=O)NCC(=O)N3C(c4cccc(F)c4)CCC3C(C)(C)C#N)cc2F)c(=O)[nH]n1. The van der Waals surface area contributed by atoms with Gasteiger partial charge in [-0.3, -0.25) is 14.4 Å². The fraction of sp³-hybridized carbons (Fsp3) is 0.345. The van der Waals surface area contributed by atoms with Crippen molar-refractivity contribution in [1.82, 2.24) is 20.4 Å². The summed E-state index contributed by atoms with van der Waals surface area (Å²) in [6, 6.07) is 11.0. The van der Waals surface area contributed by atoms with Crippen LogP contribution in [0.5, 0.6) is 11.5 Å². The number of nitrogens with one attached hydrogen (secondary N) is 2. The topological polar surface area (TPSA) is 128 Å². The summed E-state index contributed by atoms with van der Waals surface area (Å²) >= 11 is 0. The smallest absolute Gasteiger partial charge is 0.307 e. The van der Waals surface area contributed by atoms with E-state index in [1.165, 1.54) is 31.2 Å². The zero-order valence-corrected chi connectivity index (χ0v) is 22.5. The Kier molecular flexibility index (Phi) is 8.00. The molecule has 208 valence electrons. The van der Waals surface area contributed by atoms with E-state index in [1.807, 2.05) is 0 Å². The van der Waals surface area contributed by atoms with Crippen molar-refractivity contribution >= 4 is 11.8 Å². The molecular formula is C29H29F2N5O4. The molecule has 9 nitrogen and oxygen atoms in total. The van der Waals surface area contributed by atoms with Gasteiger partial charge in [0, 0.05) is 11.6 Å². The molecule has 0 radical (unpaired) electrons. The van der Waals surface area contributed by atoms with E-state index < -0.39 is 53.1 Å². The molecule has 1 saturated heterocycles. The number of amides is 2. The molecule has 2 aromatic carbocycles. The van der Waals surface area contributed by atoms with Crippen LogP contribution >= 0.6 is 0 Å². The highest BCUT2D eigenvalue weighted by atomic mass is 19.1. The van der Waals surface area contributed by atoms with Crippen molar-refractivity contribution < 1.29 is 23.1 Å². The largest absolute Gasteiger partial charge is 0.448 e. The Morgan fingerprint density at radius 1 is 1.20 bits per heavy atom. The number of carbonyl (C=O) groups is 2. The van der Waals surface area contributed by atoms with Crippen LogP contribution in [0.1, 0.15) is 59.9 Å². The summed E-state index contributed by atoms with van der Waals surface area (Å²) < 4.78 is 34.4. The minimum atomic E-state index is -0.882. The van der Waals surface area contributed by atoms with Gasteiger partial charge >= 0.3 is 5.56 Å². The number of aromatic amines is 1. The van der Waals surface area contributed by atoms with Crippen molar-refractivity contribution in [3.8, 4) is 17.6 Å². The molecule has 11 heteroatoms. The van der Waals surface area contributed by atoms with Crippen molar-refractivity contribution in [3.05, 3.63) is 86.8 Å². The van der Waals surface area contributed by atoms with Gasteiger partial charge in [-0.05, 0) is 75.9 Å². The second-order valence-corrected chi connectivity index (χ2v) is 10.4. The Balaban J connectivity index is 1.52. The van der Waals surface area contributed by atoms with Crippen LogP contribution in [0.15, 0.2) is 47.3 Å². The first-order valence-electron chi connectivity index (χ1n) is 12.7. The van der Waals surface area contributed by atoms with Crippen molar-refractivity contribution in [2.75, 3.05) is 6.54 Å². The summed E-state index contributed by atoms with van der Waals surface area (Å²) in [5.41, 5.74) is -0.244. The summed E-state index contributed by atoms with van der Waals surface area (Å²) in [6.07, 6.45) is 1.07. The maximum Gasteiger partial charge on any atom is 0.307 e. The lowest BCUT2D eigenvalue weighted by molar-refractivity contribution is -0.134. The van der Waals surface area contributed by atoms with E-state index in [0.717, 1.165) is 6.07 Å². The third-order valence-electron chi connectivity index (χ3n) is 7.03. The van der Waals surface area contributed by atoms with Crippen LogP contribution in [0, 0.1) is 42.2 Å². The van der Waals surface area contributed by atoms with E-state index in [4.69, 9.17) is 4.74 Å². The molecule has 40 heavy (non-hydrogen) atoms. The maximum absolute atomic E-state index is 15.0. The number of rotatable bonds is 7. The van der Waals surface area contributed by atoms with Crippen molar-refractivity contribution in [2.45, 2.75) is 52.6 Å². The molecule has 1 aromatic heterocycles. The lowest BCUT2D eigenvalue weighted by Crippen LogP contribution is -2.48.